The third kappa shape index (κ3) is 5.15. The van der Waals surface area contributed by atoms with E-state index in [4.69, 9.17) is 9.15 Å². The lowest BCUT2D eigenvalue weighted by molar-refractivity contribution is -0.147. The predicted molar refractivity (Wildman–Crippen MR) is 114 cm³/mol. The Labute approximate surface area is 185 Å². The Morgan fingerprint density at radius 2 is 1.73 bits per heavy atom. The van der Waals surface area contributed by atoms with Crippen LogP contribution in [0, 0.1) is 0 Å². The Morgan fingerprint density at radius 1 is 0.970 bits per heavy atom. The van der Waals surface area contributed by atoms with Gasteiger partial charge in [0.05, 0.1) is 12.7 Å². The topological polar surface area (TPSA) is 94.8 Å². The average Bonchev–Trinajstić information content (AvgIpc) is 3.21. The number of fused-ring (bicyclic) bond motifs is 3. The van der Waals surface area contributed by atoms with Gasteiger partial charge in [0, 0.05) is 16.5 Å². The lowest BCUT2D eigenvalue weighted by Gasteiger charge is -2.07. The van der Waals surface area contributed by atoms with Gasteiger partial charge in [0.1, 0.15) is 11.3 Å². The van der Waals surface area contributed by atoms with Crippen LogP contribution in [0.4, 0.5) is 8.78 Å². The molecule has 0 saturated heterocycles. The number of halogens is 2. The predicted octanol–water partition coefficient (Wildman–Crippen LogP) is 4.23. The zero-order chi connectivity index (χ0) is 23.4. The van der Waals surface area contributed by atoms with E-state index in [1.165, 1.54) is 30.5 Å². The first-order valence-corrected chi connectivity index (χ1v) is 9.83. The van der Waals surface area contributed by atoms with Gasteiger partial charge >= 0.3 is 12.6 Å². The lowest BCUT2D eigenvalue weighted by Crippen LogP contribution is -2.34. The molecule has 0 atom stereocenters. The number of alkyl halides is 2. The van der Waals surface area contributed by atoms with Gasteiger partial charge in [-0.15, -0.1) is 0 Å². The number of carbonyl (C=O) groups is 3. The smallest absolute Gasteiger partial charge is 0.387 e. The van der Waals surface area contributed by atoms with E-state index in [0.717, 1.165) is 16.2 Å². The summed E-state index contributed by atoms with van der Waals surface area (Å²) < 4.78 is 39.1. The Hall–Kier alpha value is -4.27. The van der Waals surface area contributed by atoms with Gasteiger partial charge in [-0.2, -0.15) is 8.78 Å². The third-order valence-corrected chi connectivity index (χ3v) is 4.83. The molecule has 7 nitrogen and oxygen atoms in total. The number of hydrogen-bond acceptors (Lipinski definition) is 6. The quantitative estimate of drug-likeness (QED) is 0.421. The van der Waals surface area contributed by atoms with Crippen LogP contribution in [0.5, 0.6) is 5.75 Å². The lowest BCUT2D eigenvalue weighted by atomic mass is 10.0. The molecule has 1 aromatic heterocycles. The molecule has 9 heteroatoms. The second-order valence-electron chi connectivity index (χ2n) is 7.04. The molecule has 0 saturated carbocycles. The van der Waals surface area contributed by atoms with Gasteiger partial charge in [-0.1, -0.05) is 30.3 Å². The van der Waals surface area contributed by atoms with E-state index >= 15 is 0 Å². The van der Waals surface area contributed by atoms with Crippen LogP contribution in [-0.4, -0.2) is 31.0 Å². The number of carbonyl (C=O) groups excluding carboxylic acids is 3. The van der Waals surface area contributed by atoms with Gasteiger partial charge in [-0.3, -0.25) is 19.7 Å². The average molecular weight is 453 g/mol. The normalized spacial score (nSPS) is 11.0. The molecule has 0 aliphatic heterocycles. The van der Waals surface area contributed by atoms with E-state index in [9.17, 15) is 23.2 Å². The Balaban J connectivity index is 1.33. The fourth-order valence-electron chi connectivity index (χ4n) is 3.38. The van der Waals surface area contributed by atoms with Gasteiger partial charge in [0.2, 0.25) is 0 Å². The fraction of sp³-hybridized carbons (Fsp3) is 0.125. The van der Waals surface area contributed by atoms with Crippen LogP contribution in [0.3, 0.4) is 0 Å². The number of benzene rings is 3. The Kier molecular flexibility index (Phi) is 6.30. The largest absolute Gasteiger partial charge is 0.464 e. The third-order valence-electron chi connectivity index (χ3n) is 4.83. The number of imide groups is 1. The summed E-state index contributed by atoms with van der Waals surface area (Å²) in [5.74, 6) is -2.39. The van der Waals surface area contributed by atoms with E-state index in [-0.39, 0.29) is 17.7 Å². The van der Waals surface area contributed by atoms with Crippen molar-refractivity contribution < 1.29 is 37.1 Å². The van der Waals surface area contributed by atoms with E-state index in [2.05, 4.69) is 10.1 Å². The number of nitrogens with one attached hydrogen (secondary N) is 1. The van der Waals surface area contributed by atoms with E-state index in [0.29, 0.717) is 11.1 Å². The van der Waals surface area contributed by atoms with E-state index in [1.54, 1.807) is 0 Å². The molecule has 0 bridgehead atoms. The number of rotatable bonds is 7. The minimum Gasteiger partial charge on any atom is -0.464 e. The summed E-state index contributed by atoms with van der Waals surface area (Å²) in [6.07, 6.45) is 1.36. The Morgan fingerprint density at radius 3 is 2.48 bits per heavy atom. The highest BCUT2D eigenvalue weighted by atomic mass is 19.3. The first-order chi connectivity index (χ1) is 15.9. The molecule has 1 heterocycles. The zero-order valence-corrected chi connectivity index (χ0v) is 17.0. The van der Waals surface area contributed by atoms with Gasteiger partial charge < -0.3 is 13.9 Å². The van der Waals surface area contributed by atoms with Crippen LogP contribution >= 0.6 is 0 Å². The summed E-state index contributed by atoms with van der Waals surface area (Å²) in [7, 11) is 0. The van der Waals surface area contributed by atoms with Crippen LogP contribution in [0.25, 0.3) is 21.7 Å². The maximum Gasteiger partial charge on any atom is 0.387 e. The highest BCUT2D eigenvalue weighted by Gasteiger charge is 2.17. The van der Waals surface area contributed by atoms with E-state index < -0.39 is 31.0 Å². The van der Waals surface area contributed by atoms with Crippen molar-refractivity contribution in [1.29, 1.82) is 0 Å². The summed E-state index contributed by atoms with van der Waals surface area (Å²) in [6.45, 7) is -3.65. The van der Waals surface area contributed by atoms with Crippen LogP contribution in [0.2, 0.25) is 0 Å². The van der Waals surface area contributed by atoms with Crippen molar-refractivity contribution >= 4 is 39.5 Å². The number of furan rings is 1. The van der Waals surface area contributed by atoms with Crippen LogP contribution in [0.1, 0.15) is 15.9 Å². The molecule has 0 spiro atoms. The monoisotopic (exact) mass is 453 g/mol. The van der Waals surface area contributed by atoms with Crippen LogP contribution in [-0.2, 0) is 20.7 Å². The molecule has 0 fully saturated rings. The fourth-order valence-corrected chi connectivity index (χ4v) is 3.38. The zero-order valence-electron chi connectivity index (χ0n) is 17.0. The summed E-state index contributed by atoms with van der Waals surface area (Å²) >= 11 is 0. The molecule has 0 aliphatic rings. The van der Waals surface area contributed by atoms with Crippen LogP contribution in [0.15, 0.2) is 71.3 Å². The molecule has 0 radical (unpaired) electrons. The standard InChI is InChI=1S/C24H17F2NO6/c25-24(26)33-17-8-5-15(6-9-17)23(30)27-20(28)13-32-21(29)11-16-12-31-19-10-7-14-3-1-2-4-18(14)22(16)19/h1-10,12,24H,11,13H2,(H,27,28,30). The minimum atomic E-state index is -2.99. The van der Waals surface area contributed by atoms with Gasteiger partial charge in [0.15, 0.2) is 6.61 Å². The van der Waals surface area contributed by atoms with Crippen molar-refractivity contribution in [3.63, 3.8) is 0 Å². The van der Waals surface area contributed by atoms with Crippen molar-refractivity contribution in [2.75, 3.05) is 6.61 Å². The van der Waals surface area contributed by atoms with Gasteiger partial charge in [-0.05, 0) is 41.1 Å². The molecule has 2 amide bonds. The molecule has 0 unspecified atom stereocenters. The second kappa shape index (κ2) is 9.47. The summed E-state index contributed by atoms with van der Waals surface area (Å²) in [4.78, 5) is 36.3. The van der Waals surface area contributed by atoms with Crippen molar-refractivity contribution in [1.82, 2.24) is 5.32 Å². The molecular formula is C24H17F2NO6. The van der Waals surface area contributed by atoms with Gasteiger partial charge in [0.25, 0.3) is 11.8 Å². The number of ether oxygens (including phenoxy) is 2. The molecule has 3 aromatic carbocycles. The SMILES string of the molecule is O=C(COC(=O)Cc1coc2ccc3ccccc3c12)NC(=O)c1ccc(OC(F)F)cc1. The number of hydrogen-bond donors (Lipinski definition) is 1. The first kappa shape index (κ1) is 21.9. The first-order valence-electron chi connectivity index (χ1n) is 9.83. The molecular weight excluding hydrogens is 436 g/mol. The van der Waals surface area contributed by atoms with E-state index in [1.807, 2.05) is 36.4 Å². The van der Waals surface area contributed by atoms with Crippen molar-refractivity contribution in [3.8, 4) is 5.75 Å². The summed E-state index contributed by atoms with van der Waals surface area (Å²) in [6, 6.07) is 16.2. The van der Waals surface area contributed by atoms with Crippen molar-refractivity contribution in [2.24, 2.45) is 0 Å². The molecule has 168 valence electrons. The number of amides is 2. The summed E-state index contributed by atoms with van der Waals surface area (Å²) in [5.41, 5.74) is 1.30. The maximum atomic E-state index is 12.3. The molecule has 0 aliphatic carbocycles. The second-order valence-corrected chi connectivity index (χ2v) is 7.04. The van der Waals surface area contributed by atoms with Crippen LogP contribution < -0.4 is 10.1 Å². The molecule has 33 heavy (non-hydrogen) atoms. The van der Waals surface area contributed by atoms with Crippen molar-refractivity contribution in [2.45, 2.75) is 13.0 Å². The number of esters is 1. The molecule has 4 rings (SSSR count). The van der Waals surface area contributed by atoms with Crippen molar-refractivity contribution in [3.05, 3.63) is 78.1 Å². The van der Waals surface area contributed by atoms with Gasteiger partial charge in [-0.25, -0.2) is 0 Å². The molecule has 1 N–H and O–H groups in total. The maximum absolute atomic E-state index is 12.3. The Bertz CT molecular complexity index is 1330. The molecule has 4 aromatic rings. The summed E-state index contributed by atoms with van der Waals surface area (Å²) in [5, 5.41) is 4.78. The highest BCUT2D eigenvalue weighted by molar-refractivity contribution is 6.08. The minimum absolute atomic E-state index is 0.0491. The highest BCUT2D eigenvalue weighted by Crippen LogP contribution is 2.30.